The third-order valence-corrected chi connectivity index (χ3v) is 3.49. The first-order valence-corrected chi connectivity index (χ1v) is 6.16. The minimum atomic E-state index is 0.274. The molecule has 0 saturated heterocycles. The summed E-state index contributed by atoms with van der Waals surface area (Å²) >= 11 is 1.72. The van der Waals surface area contributed by atoms with Crippen molar-refractivity contribution in [3.05, 3.63) is 16.1 Å². The molecule has 0 bridgehead atoms. The van der Waals surface area contributed by atoms with E-state index in [0.29, 0.717) is 0 Å². The summed E-state index contributed by atoms with van der Waals surface area (Å²) in [4.78, 5) is 4.42. The lowest BCUT2D eigenvalue weighted by molar-refractivity contribution is 0.450. The number of aryl methyl sites for hydroxylation is 1. The van der Waals surface area contributed by atoms with Crippen LogP contribution in [0, 0.1) is 12.8 Å². The summed E-state index contributed by atoms with van der Waals surface area (Å²) in [5, 5.41) is 3.27. The van der Waals surface area contributed by atoms with E-state index in [4.69, 9.17) is 5.73 Å². The van der Waals surface area contributed by atoms with E-state index >= 15 is 0 Å². The zero-order valence-corrected chi connectivity index (χ0v) is 10.1. The topological polar surface area (TPSA) is 38.9 Å². The Kier molecular flexibility index (Phi) is 4.55. The third-order valence-electron chi connectivity index (χ3n) is 2.51. The van der Waals surface area contributed by atoms with Gasteiger partial charge in [-0.05, 0) is 19.3 Å². The van der Waals surface area contributed by atoms with Crippen LogP contribution in [-0.4, -0.2) is 11.0 Å². The third kappa shape index (κ3) is 3.76. The van der Waals surface area contributed by atoms with Crippen molar-refractivity contribution in [1.82, 2.24) is 4.98 Å². The Labute approximate surface area is 90.6 Å². The summed E-state index contributed by atoms with van der Waals surface area (Å²) < 4.78 is 0. The Hall–Kier alpha value is -0.410. The molecule has 1 heterocycles. The first kappa shape index (κ1) is 11.7. The number of rotatable bonds is 5. The average molecular weight is 212 g/mol. The second-order valence-corrected chi connectivity index (χ2v) is 5.04. The van der Waals surface area contributed by atoms with Crippen LogP contribution in [0.15, 0.2) is 5.38 Å². The van der Waals surface area contributed by atoms with Gasteiger partial charge in [0.1, 0.15) is 0 Å². The van der Waals surface area contributed by atoms with Crippen molar-refractivity contribution < 1.29 is 0 Å². The molecule has 2 unspecified atom stereocenters. The summed E-state index contributed by atoms with van der Waals surface area (Å²) in [5.41, 5.74) is 7.17. The van der Waals surface area contributed by atoms with Gasteiger partial charge in [0.2, 0.25) is 0 Å². The lowest BCUT2D eigenvalue weighted by atomic mass is 9.98. The molecule has 0 aliphatic carbocycles. The van der Waals surface area contributed by atoms with E-state index in [0.717, 1.165) is 24.5 Å². The Bertz CT molecular complexity index is 270. The molecule has 14 heavy (non-hydrogen) atoms. The van der Waals surface area contributed by atoms with Gasteiger partial charge in [0.15, 0.2) is 0 Å². The molecule has 1 rings (SSSR count). The highest BCUT2D eigenvalue weighted by molar-refractivity contribution is 7.09. The summed E-state index contributed by atoms with van der Waals surface area (Å²) in [5.74, 6) is 0.728. The van der Waals surface area contributed by atoms with Crippen LogP contribution < -0.4 is 5.73 Å². The van der Waals surface area contributed by atoms with Crippen LogP contribution in [-0.2, 0) is 6.42 Å². The van der Waals surface area contributed by atoms with Crippen molar-refractivity contribution in [2.45, 2.75) is 46.1 Å². The predicted molar refractivity (Wildman–Crippen MR) is 62.6 cm³/mol. The van der Waals surface area contributed by atoms with Crippen molar-refractivity contribution in [3.8, 4) is 0 Å². The smallest absolute Gasteiger partial charge is 0.0943 e. The lowest BCUT2D eigenvalue weighted by Gasteiger charge is -2.14. The zero-order valence-electron chi connectivity index (χ0n) is 9.29. The van der Waals surface area contributed by atoms with Crippen LogP contribution >= 0.6 is 11.3 Å². The maximum Gasteiger partial charge on any atom is 0.0943 e. The van der Waals surface area contributed by atoms with E-state index in [1.807, 2.05) is 6.92 Å². The minimum Gasteiger partial charge on any atom is -0.327 e. The van der Waals surface area contributed by atoms with E-state index < -0.39 is 0 Å². The van der Waals surface area contributed by atoms with Gasteiger partial charge in [0, 0.05) is 23.5 Å². The summed E-state index contributed by atoms with van der Waals surface area (Å²) in [6.07, 6.45) is 3.25. The molecule has 0 fully saturated rings. The van der Waals surface area contributed by atoms with E-state index in [9.17, 15) is 0 Å². The standard InChI is InChI=1S/C11H20N2S/c1-4-8(2)5-10(12)6-11-13-9(3)7-14-11/h7-8,10H,4-6,12H2,1-3H3. The molecule has 1 aromatic heterocycles. The summed E-state index contributed by atoms with van der Waals surface area (Å²) in [7, 11) is 0. The monoisotopic (exact) mass is 212 g/mol. The van der Waals surface area contributed by atoms with E-state index in [2.05, 4.69) is 24.2 Å². The van der Waals surface area contributed by atoms with Gasteiger partial charge >= 0.3 is 0 Å². The zero-order chi connectivity index (χ0) is 10.6. The highest BCUT2D eigenvalue weighted by Crippen LogP contribution is 2.15. The van der Waals surface area contributed by atoms with Crippen LogP contribution in [0.2, 0.25) is 0 Å². The largest absolute Gasteiger partial charge is 0.327 e. The van der Waals surface area contributed by atoms with Gasteiger partial charge in [-0.3, -0.25) is 0 Å². The summed E-state index contributed by atoms with van der Waals surface area (Å²) in [6, 6.07) is 0.274. The molecule has 0 aliphatic rings. The van der Waals surface area contributed by atoms with Crippen molar-refractivity contribution in [1.29, 1.82) is 0 Å². The highest BCUT2D eigenvalue weighted by atomic mass is 32.1. The first-order valence-electron chi connectivity index (χ1n) is 5.28. The van der Waals surface area contributed by atoms with Gasteiger partial charge in [0.25, 0.3) is 0 Å². The van der Waals surface area contributed by atoms with Gasteiger partial charge < -0.3 is 5.73 Å². The molecule has 3 heteroatoms. The Morgan fingerprint density at radius 3 is 2.79 bits per heavy atom. The quantitative estimate of drug-likeness (QED) is 0.815. The van der Waals surface area contributed by atoms with Crippen molar-refractivity contribution in [3.63, 3.8) is 0 Å². The Morgan fingerprint density at radius 1 is 1.57 bits per heavy atom. The molecular formula is C11H20N2S. The number of hydrogen-bond donors (Lipinski definition) is 1. The number of nitrogens with two attached hydrogens (primary N) is 1. The van der Waals surface area contributed by atoms with Gasteiger partial charge in [-0.1, -0.05) is 20.3 Å². The van der Waals surface area contributed by atoms with Gasteiger partial charge in [0.05, 0.1) is 5.01 Å². The molecular weight excluding hydrogens is 192 g/mol. The second-order valence-electron chi connectivity index (χ2n) is 4.10. The number of nitrogens with zero attached hydrogens (tertiary/aromatic N) is 1. The fourth-order valence-corrected chi connectivity index (χ4v) is 2.35. The molecule has 0 amide bonds. The second kappa shape index (κ2) is 5.47. The Morgan fingerprint density at radius 2 is 2.29 bits per heavy atom. The molecule has 0 radical (unpaired) electrons. The van der Waals surface area contributed by atoms with E-state index in [1.54, 1.807) is 11.3 Å². The number of aromatic nitrogens is 1. The predicted octanol–water partition coefficient (Wildman–Crippen LogP) is 2.76. The summed E-state index contributed by atoms with van der Waals surface area (Å²) in [6.45, 7) is 6.50. The molecule has 0 spiro atoms. The average Bonchev–Trinajstić information content (AvgIpc) is 2.50. The maximum absolute atomic E-state index is 6.06. The van der Waals surface area contributed by atoms with Crippen molar-refractivity contribution in [2.24, 2.45) is 11.7 Å². The first-order chi connectivity index (χ1) is 6.61. The van der Waals surface area contributed by atoms with Crippen LogP contribution in [0.1, 0.15) is 37.4 Å². The molecule has 2 N–H and O–H groups in total. The molecule has 0 saturated carbocycles. The highest BCUT2D eigenvalue weighted by Gasteiger charge is 2.10. The molecule has 2 nitrogen and oxygen atoms in total. The molecule has 2 atom stereocenters. The van der Waals surface area contributed by atoms with Crippen LogP contribution in [0.3, 0.4) is 0 Å². The minimum absolute atomic E-state index is 0.274. The normalized spacial score (nSPS) is 15.4. The fourth-order valence-electron chi connectivity index (χ4n) is 1.49. The van der Waals surface area contributed by atoms with Crippen molar-refractivity contribution in [2.75, 3.05) is 0 Å². The SMILES string of the molecule is CCC(C)CC(N)Cc1nc(C)cs1. The van der Waals surface area contributed by atoms with Gasteiger partial charge in [-0.25, -0.2) is 4.98 Å². The number of thiazole rings is 1. The van der Waals surface area contributed by atoms with E-state index in [1.165, 1.54) is 11.4 Å². The fraction of sp³-hybridized carbons (Fsp3) is 0.727. The van der Waals surface area contributed by atoms with Crippen LogP contribution in [0.5, 0.6) is 0 Å². The van der Waals surface area contributed by atoms with Crippen molar-refractivity contribution >= 4 is 11.3 Å². The molecule has 0 aliphatic heterocycles. The molecule has 0 aromatic carbocycles. The van der Waals surface area contributed by atoms with Crippen LogP contribution in [0.25, 0.3) is 0 Å². The van der Waals surface area contributed by atoms with E-state index in [-0.39, 0.29) is 6.04 Å². The molecule has 1 aromatic rings. The van der Waals surface area contributed by atoms with Gasteiger partial charge in [-0.2, -0.15) is 0 Å². The Balaban J connectivity index is 2.37. The lowest BCUT2D eigenvalue weighted by Crippen LogP contribution is -2.25. The number of hydrogen-bond acceptors (Lipinski definition) is 3. The molecule has 80 valence electrons. The van der Waals surface area contributed by atoms with Crippen LogP contribution in [0.4, 0.5) is 0 Å². The maximum atomic E-state index is 6.06. The van der Waals surface area contributed by atoms with Gasteiger partial charge in [-0.15, -0.1) is 11.3 Å².